The summed E-state index contributed by atoms with van der Waals surface area (Å²) in [6, 6.07) is 56.9. The lowest BCUT2D eigenvalue weighted by Crippen LogP contribution is -2.05. The maximum atomic E-state index is 13.0. The quantitative estimate of drug-likeness (QED) is 0.0268. The number of rotatable bonds is 35. The first-order valence-corrected chi connectivity index (χ1v) is 44.5. The molecule has 4 N–H and O–H groups in total. The number of carbonyl (C=O) groups excluding carboxylic acids is 5. The molecule has 0 atom stereocenters. The number of nitrogens with one attached hydrogen (secondary N) is 4. The predicted molar refractivity (Wildman–Crippen MR) is 516 cm³/mol. The molecule has 688 valence electrons. The molecule has 0 saturated heterocycles. The molecule has 0 spiro atoms. The van der Waals surface area contributed by atoms with Gasteiger partial charge in [0.25, 0.3) is 0 Å². The molecule has 0 radical (unpaired) electrons. The van der Waals surface area contributed by atoms with E-state index < -0.39 is 0 Å². The zero-order valence-electron chi connectivity index (χ0n) is 74.8. The number of benzene rings is 10. The first kappa shape index (κ1) is 98.7. The van der Waals surface area contributed by atoms with Crippen molar-refractivity contribution in [1.29, 1.82) is 0 Å². The second-order valence-electron chi connectivity index (χ2n) is 27.4. The summed E-state index contributed by atoms with van der Waals surface area (Å²) in [5.41, 5.74) is 9.42. The largest absolute Gasteiger partial charge is 0.493 e. The summed E-state index contributed by atoms with van der Waals surface area (Å²) < 4.78 is 92.4. The summed E-state index contributed by atoms with van der Waals surface area (Å²) in [7, 11) is 22.6. The van der Waals surface area contributed by atoms with Gasteiger partial charge in [0.05, 0.1) is 112 Å². The van der Waals surface area contributed by atoms with E-state index in [9.17, 15) is 28.4 Å². The first-order valence-electron chi connectivity index (χ1n) is 39.7. The molecule has 0 aliphatic carbocycles. The van der Waals surface area contributed by atoms with Gasteiger partial charge in [0.15, 0.2) is 78.0 Å². The minimum Gasteiger partial charge on any atom is -0.493 e. The number of ketones is 5. The molecule has 0 aliphatic rings. The number of hydrogen-bond acceptors (Lipinski definition) is 34. The summed E-state index contributed by atoms with van der Waals surface area (Å²) in [5, 5.41) is 25.1. The minimum absolute atomic E-state index is 0.181. The van der Waals surface area contributed by atoms with Gasteiger partial charge in [0, 0.05) is 88.9 Å². The standard InChI is InChI=1S/C20H20N2O4S.C20H19NO4S.C19H17ClN2O4S.C19H17FN2O4S.C19H18N2O4S/c1-12-5-7-14(8-6-12)21-20-22-15(11-27-20)18(23)13-9-16(24-2)19(26-4)17(10-13)25-3;1-23-16-10-14(11-17(24-2)20(16)25-3)19(22)15-12-26-18(21-15)9-13-7-5-4-6-8-13;2*1-24-15-8-11(9-16(25-2)18(15)26-3)17(23)14-10-27-19(22-14)21-13-6-4-12(20)5-7-13;1-23-15-9-12(10-16(24-2)18(15)25-3)17(22)14-11-26-19(21-14)20-13-7-5-4-6-8-13/h5-11H,1-4H3,(H,21,22);4-8,10-12H,9H2,1-3H3;2*4-10H,1-3H3,(H,21,22);4-11H,1-3H3,(H,20,21). The van der Waals surface area contributed by atoms with Crippen LogP contribution in [0.5, 0.6) is 86.2 Å². The first-order chi connectivity index (χ1) is 64.5. The fraction of sp³-hybridized carbons (Fsp3) is 0.175. The van der Waals surface area contributed by atoms with E-state index in [-0.39, 0.29) is 40.4 Å². The molecule has 5 heterocycles. The Balaban J connectivity index is 0.000000160. The van der Waals surface area contributed by atoms with Gasteiger partial charge in [-0.25, -0.2) is 29.3 Å². The van der Waals surface area contributed by atoms with Crippen molar-refractivity contribution in [2.75, 3.05) is 128 Å². The van der Waals surface area contributed by atoms with Crippen LogP contribution in [0.3, 0.4) is 0 Å². The highest BCUT2D eigenvalue weighted by Gasteiger charge is 2.27. The van der Waals surface area contributed by atoms with Crippen LogP contribution in [-0.4, -0.2) is 160 Å². The molecule has 0 fully saturated rings. The highest BCUT2D eigenvalue weighted by Crippen LogP contribution is 2.45. The van der Waals surface area contributed by atoms with Gasteiger partial charge in [-0.3, -0.25) is 24.0 Å². The lowest BCUT2D eigenvalue weighted by atomic mass is 10.1. The van der Waals surface area contributed by atoms with Crippen LogP contribution in [0.1, 0.15) is 96.4 Å². The number of hydrogen-bond donors (Lipinski definition) is 4. The minimum atomic E-state index is -0.321. The molecule has 29 nitrogen and oxygen atoms in total. The third-order valence-corrected chi connectivity index (χ3v) is 23.2. The fourth-order valence-corrected chi connectivity index (χ4v) is 16.3. The molecular weight excluding hydrogens is 1830 g/mol. The van der Waals surface area contributed by atoms with E-state index in [4.69, 9.17) is 82.7 Å². The topological polar surface area (TPSA) is 336 Å². The summed E-state index contributed by atoms with van der Waals surface area (Å²) in [4.78, 5) is 86.1. The van der Waals surface area contributed by atoms with Crippen LogP contribution in [0, 0.1) is 12.7 Å². The Kier molecular flexibility index (Phi) is 35.7. The van der Waals surface area contributed by atoms with Gasteiger partial charge in [-0.05, 0) is 146 Å². The van der Waals surface area contributed by atoms with Gasteiger partial charge in [0.2, 0.25) is 57.7 Å². The Bertz CT molecular complexity index is 5830. The maximum Gasteiger partial charge on any atom is 0.212 e. The SMILES string of the molecule is COc1cc(C(=O)c2csc(Cc3ccccc3)n2)cc(OC)c1OC.COc1cc(C(=O)c2csc(Nc3ccc(C)cc3)n2)cc(OC)c1OC.COc1cc(C(=O)c2csc(Nc3ccc(Cl)cc3)n2)cc(OC)c1OC.COc1cc(C(=O)c2csc(Nc3ccc(F)cc3)n2)cc(OC)c1OC.COc1cc(C(=O)c2csc(Nc3ccccc3)n2)cc(OC)c1OC. The van der Waals surface area contributed by atoms with Crippen LogP contribution >= 0.6 is 68.3 Å². The van der Waals surface area contributed by atoms with E-state index in [0.717, 1.165) is 27.6 Å². The van der Waals surface area contributed by atoms with E-state index in [1.54, 1.807) is 112 Å². The summed E-state index contributed by atoms with van der Waals surface area (Å²) in [5.74, 6) is 4.89. The molecule has 5 aromatic heterocycles. The van der Waals surface area contributed by atoms with Crippen LogP contribution in [-0.2, 0) is 6.42 Å². The zero-order chi connectivity index (χ0) is 95.2. The van der Waals surface area contributed by atoms with Gasteiger partial charge in [-0.1, -0.05) is 77.8 Å². The fourth-order valence-electron chi connectivity index (χ4n) is 12.5. The zero-order valence-corrected chi connectivity index (χ0v) is 79.6. The number of halogens is 2. The molecule has 133 heavy (non-hydrogen) atoms. The van der Waals surface area contributed by atoms with Gasteiger partial charge in [-0.15, -0.1) is 56.7 Å². The van der Waals surface area contributed by atoms with Crippen molar-refractivity contribution in [2.45, 2.75) is 13.3 Å². The van der Waals surface area contributed by atoms with Crippen molar-refractivity contribution in [1.82, 2.24) is 24.9 Å². The number of nitrogens with zero attached hydrogens (tertiary/aromatic N) is 5. The Morgan fingerprint density at radius 2 is 0.511 bits per heavy atom. The van der Waals surface area contributed by atoms with Crippen molar-refractivity contribution < 1.29 is 99.4 Å². The molecule has 0 amide bonds. The predicted octanol–water partition coefficient (Wildman–Crippen LogP) is 21.7. The van der Waals surface area contributed by atoms with Crippen LogP contribution in [0.4, 0.5) is 47.7 Å². The molecular formula is C97H91ClFN9O20S5. The molecule has 0 saturated carbocycles. The summed E-state index contributed by atoms with van der Waals surface area (Å²) >= 11 is 12.7. The third kappa shape index (κ3) is 25.6. The van der Waals surface area contributed by atoms with E-state index in [2.05, 4.69) is 46.2 Å². The van der Waals surface area contributed by atoms with Crippen molar-refractivity contribution in [3.05, 3.63) is 304 Å². The van der Waals surface area contributed by atoms with Gasteiger partial charge in [-0.2, -0.15) is 0 Å². The normalized spacial score (nSPS) is 10.4. The summed E-state index contributed by atoms with van der Waals surface area (Å²) in [6.07, 6.45) is 0.702. The Hall–Kier alpha value is -14.9. The number of aryl methyl sites for hydroxylation is 1. The molecule has 0 aliphatic heterocycles. The maximum absolute atomic E-state index is 13.0. The van der Waals surface area contributed by atoms with Crippen molar-refractivity contribution in [3.63, 3.8) is 0 Å². The van der Waals surface area contributed by atoms with Gasteiger partial charge >= 0.3 is 0 Å². The number of aromatic nitrogens is 5. The van der Waals surface area contributed by atoms with E-state index >= 15 is 0 Å². The van der Waals surface area contributed by atoms with E-state index in [0.29, 0.717) is 174 Å². The highest BCUT2D eigenvalue weighted by atomic mass is 35.5. The van der Waals surface area contributed by atoms with Crippen molar-refractivity contribution >= 4 is 140 Å². The Labute approximate surface area is 791 Å². The molecule has 15 aromatic rings. The van der Waals surface area contributed by atoms with Gasteiger partial charge < -0.3 is 92.3 Å². The second kappa shape index (κ2) is 48.1. The Morgan fingerprint density at radius 1 is 0.286 bits per heavy atom. The average Bonchev–Trinajstić information content (AvgIpc) is 1.80. The lowest BCUT2D eigenvalue weighted by Gasteiger charge is -2.13. The number of para-hydroxylation sites is 1. The third-order valence-electron chi connectivity index (χ3n) is 19.1. The smallest absolute Gasteiger partial charge is 0.212 e. The number of carbonyl (C=O) groups is 5. The lowest BCUT2D eigenvalue weighted by molar-refractivity contribution is 0.102. The van der Waals surface area contributed by atoms with E-state index in [1.165, 1.54) is 181 Å². The van der Waals surface area contributed by atoms with Crippen molar-refractivity contribution in [2.24, 2.45) is 0 Å². The van der Waals surface area contributed by atoms with Crippen LogP contribution < -0.4 is 92.3 Å². The Morgan fingerprint density at radius 3 is 0.767 bits per heavy atom. The number of ether oxygens (including phenoxy) is 15. The molecule has 15 rings (SSSR count). The van der Waals surface area contributed by atoms with Crippen LogP contribution in [0.2, 0.25) is 5.02 Å². The highest BCUT2D eigenvalue weighted by molar-refractivity contribution is 7.15. The molecule has 10 aromatic carbocycles. The number of anilines is 8. The van der Waals surface area contributed by atoms with Gasteiger partial charge in [0.1, 0.15) is 34.3 Å². The molecule has 0 unspecified atom stereocenters. The number of methoxy groups -OCH3 is 15. The summed E-state index contributed by atoms with van der Waals surface area (Å²) in [6.45, 7) is 2.03. The molecule has 0 bridgehead atoms. The molecule has 36 heteroatoms. The van der Waals surface area contributed by atoms with Crippen LogP contribution in [0.25, 0.3) is 0 Å². The van der Waals surface area contributed by atoms with Crippen LogP contribution in [0.15, 0.2) is 221 Å². The average molecular weight is 1920 g/mol. The van der Waals surface area contributed by atoms with E-state index in [1.807, 2.05) is 104 Å². The number of thiazole rings is 5. The second-order valence-corrected chi connectivity index (χ2v) is 32.2. The monoisotopic (exact) mass is 1920 g/mol. The van der Waals surface area contributed by atoms with Crippen molar-refractivity contribution in [3.8, 4) is 86.2 Å².